The normalized spacial score (nSPS) is 12.4. The van der Waals surface area contributed by atoms with Gasteiger partial charge < -0.3 is 9.84 Å². The minimum absolute atomic E-state index is 0.106. The highest BCUT2D eigenvalue weighted by atomic mass is 16.5. The lowest BCUT2D eigenvalue weighted by molar-refractivity contribution is 0.0622. The Morgan fingerprint density at radius 1 is 1.17 bits per heavy atom. The number of carbonyl (C=O) groups is 1. The molecule has 1 aromatic heterocycles. The summed E-state index contributed by atoms with van der Waals surface area (Å²) >= 11 is 0. The molecule has 1 heterocycles. The van der Waals surface area contributed by atoms with Gasteiger partial charge in [0.2, 0.25) is 0 Å². The fraction of sp³-hybridized carbons (Fsp3) is 0.789. The molecule has 4 heteroatoms. The summed E-state index contributed by atoms with van der Waals surface area (Å²) in [7, 11) is 0. The van der Waals surface area contributed by atoms with E-state index >= 15 is 0 Å². The molecule has 0 unspecified atom stereocenters. The van der Waals surface area contributed by atoms with Crippen LogP contribution in [0.3, 0.4) is 0 Å². The maximum absolute atomic E-state index is 12.6. The van der Waals surface area contributed by atoms with E-state index in [0.717, 1.165) is 31.4 Å². The first-order chi connectivity index (χ1) is 10.9. The van der Waals surface area contributed by atoms with E-state index in [-0.39, 0.29) is 16.9 Å². The molecule has 0 bridgehead atoms. The van der Waals surface area contributed by atoms with Crippen molar-refractivity contribution in [1.29, 1.82) is 0 Å². The molecule has 4 nitrogen and oxygen atoms in total. The summed E-state index contributed by atoms with van der Waals surface area (Å²) in [5.74, 6) is 0.605. The molecule has 0 aliphatic rings. The number of aryl methyl sites for hydroxylation is 1. The fourth-order valence-electron chi connectivity index (χ4n) is 3.58. The second-order valence-corrected chi connectivity index (χ2v) is 7.06. The first kappa shape index (κ1) is 19.7. The van der Waals surface area contributed by atoms with Gasteiger partial charge >= 0.3 is 0 Å². The van der Waals surface area contributed by atoms with Crippen LogP contribution >= 0.6 is 0 Å². The topological polar surface area (TPSA) is 55.1 Å². The number of hydrogen-bond donors (Lipinski definition) is 1. The van der Waals surface area contributed by atoms with Gasteiger partial charge in [0.15, 0.2) is 5.69 Å². The smallest absolute Gasteiger partial charge is 0.273 e. The van der Waals surface area contributed by atoms with Crippen molar-refractivity contribution < 1.29 is 9.32 Å². The van der Waals surface area contributed by atoms with Crippen LogP contribution in [0.4, 0.5) is 0 Å². The van der Waals surface area contributed by atoms with E-state index in [0.29, 0.717) is 5.69 Å². The van der Waals surface area contributed by atoms with Gasteiger partial charge in [-0.3, -0.25) is 4.79 Å². The molecule has 0 saturated carbocycles. The molecule has 0 fully saturated rings. The Balaban J connectivity index is 2.89. The summed E-state index contributed by atoms with van der Waals surface area (Å²) in [5, 5.41) is 7.11. The Bertz CT molecular complexity index is 487. The van der Waals surface area contributed by atoms with Gasteiger partial charge in [0, 0.05) is 18.0 Å². The first-order valence-electron chi connectivity index (χ1n) is 9.13. The maximum atomic E-state index is 12.6. The first-order valence-corrected chi connectivity index (χ1v) is 9.13. The third-order valence-electron chi connectivity index (χ3n) is 5.50. The fourth-order valence-corrected chi connectivity index (χ4v) is 3.58. The van der Waals surface area contributed by atoms with Crippen LogP contribution in [-0.2, 0) is 6.42 Å². The zero-order valence-corrected chi connectivity index (χ0v) is 15.8. The summed E-state index contributed by atoms with van der Waals surface area (Å²) < 4.78 is 5.16. The number of carbonyl (C=O) groups excluding carboxylic acids is 1. The van der Waals surface area contributed by atoms with Gasteiger partial charge in [-0.1, -0.05) is 52.1 Å². The molecule has 132 valence electrons. The lowest BCUT2D eigenvalue weighted by Crippen LogP contribution is -2.56. The van der Waals surface area contributed by atoms with E-state index in [1.54, 1.807) is 6.07 Å². The van der Waals surface area contributed by atoms with Crippen LogP contribution in [0, 0.1) is 5.41 Å². The molecule has 0 aliphatic carbocycles. The number of hydrogen-bond acceptors (Lipinski definition) is 3. The van der Waals surface area contributed by atoms with E-state index in [4.69, 9.17) is 4.52 Å². The van der Waals surface area contributed by atoms with Gasteiger partial charge in [0.05, 0.1) is 0 Å². The monoisotopic (exact) mass is 322 g/mol. The Morgan fingerprint density at radius 2 is 1.83 bits per heavy atom. The van der Waals surface area contributed by atoms with Gasteiger partial charge in [-0.25, -0.2) is 0 Å². The largest absolute Gasteiger partial charge is 0.361 e. The molecule has 1 rings (SSSR count). The zero-order chi connectivity index (χ0) is 17.5. The molecular weight excluding hydrogens is 288 g/mol. The molecule has 0 atom stereocenters. The molecule has 1 N–H and O–H groups in total. The summed E-state index contributed by atoms with van der Waals surface area (Å²) in [4.78, 5) is 12.6. The lowest BCUT2D eigenvalue weighted by atomic mass is 9.64. The number of nitrogens with one attached hydrogen (secondary N) is 1. The van der Waals surface area contributed by atoms with Crippen LogP contribution in [0.5, 0.6) is 0 Å². The van der Waals surface area contributed by atoms with E-state index in [2.05, 4.69) is 45.1 Å². The van der Waals surface area contributed by atoms with Crippen molar-refractivity contribution in [2.45, 2.75) is 92.0 Å². The molecule has 0 saturated heterocycles. The molecule has 0 aromatic carbocycles. The van der Waals surface area contributed by atoms with Gasteiger partial charge in [-0.2, -0.15) is 0 Å². The zero-order valence-electron chi connectivity index (χ0n) is 15.8. The molecule has 0 spiro atoms. The summed E-state index contributed by atoms with van der Waals surface area (Å²) in [6, 6.07) is 1.74. The highest BCUT2D eigenvalue weighted by molar-refractivity contribution is 5.92. The predicted molar refractivity (Wildman–Crippen MR) is 94.6 cm³/mol. The van der Waals surface area contributed by atoms with E-state index in [1.807, 2.05) is 6.92 Å². The standard InChI is InChI=1S/C19H34N2O2/c1-7-11-12-13-19(9-3,10-4)18(5,6)20-17(22)16-14-15(8-2)23-21-16/h14H,7-13H2,1-6H3,(H,20,22). The number of rotatable bonds is 10. The van der Waals surface area contributed by atoms with Crippen molar-refractivity contribution in [3.8, 4) is 0 Å². The van der Waals surface area contributed by atoms with Crippen LogP contribution < -0.4 is 5.32 Å². The van der Waals surface area contributed by atoms with Gasteiger partial charge in [0.25, 0.3) is 5.91 Å². The Kier molecular flexibility index (Phi) is 7.30. The second kappa shape index (κ2) is 8.51. The van der Waals surface area contributed by atoms with Crippen molar-refractivity contribution in [1.82, 2.24) is 10.5 Å². The minimum atomic E-state index is -0.285. The number of amides is 1. The van der Waals surface area contributed by atoms with Crippen LogP contribution in [0.25, 0.3) is 0 Å². The third kappa shape index (κ3) is 4.58. The Labute approximate surface area is 141 Å². The van der Waals surface area contributed by atoms with Crippen LogP contribution in [0.1, 0.15) is 96.3 Å². The molecule has 1 aromatic rings. The second-order valence-electron chi connectivity index (χ2n) is 7.06. The number of aromatic nitrogens is 1. The van der Waals surface area contributed by atoms with E-state index in [1.165, 1.54) is 19.3 Å². The summed E-state index contributed by atoms with van der Waals surface area (Å²) in [5.41, 5.74) is 0.200. The van der Waals surface area contributed by atoms with Crippen molar-refractivity contribution in [3.05, 3.63) is 17.5 Å². The van der Waals surface area contributed by atoms with E-state index < -0.39 is 0 Å². The minimum Gasteiger partial charge on any atom is -0.361 e. The average Bonchev–Trinajstić information content (AvgIpc) is 3.00. The van der Waals surface area contributed by atoms with Crippen molar-refractivity contribution in [3.63, 3.8) is 0 Å². The van der Waals surface area contributed by atoms with Crippen LogP contribution in [0.15, 0.2) is 10.6 Å². The van der Waals surface area contributed by atoms with Crippen LogP contribution in [0.2, 0.25) is 0 Å². The molecule has 23 heavy (non-hydrogen) atoms. The van der Waals surface area contributed by atoms with Gasteiger partial charge in [-0.05, 0) is 38.5 Å². The number of unbranched alkanes of at least 4 members (excludes halogenated alkanes) is 2. The maximum Gasteiger partial charge on any atom is 0.273 e. The molecule has 1 amide bonds. The molecule has 0 aliphatic heterocycles. The SMILES string of the molecule is CCCCCC(CC)(CC)C(C)(C)NC(=O)c1cc(CC)on1. The average molecular weight is 322 g/mol. The van der Waals surface area contributed by atoms with Crippen LogP contribution in [-0.4, -0.2) is 16.6 Å². The summed E-state index contributed by atoms with van der Waals surface area (Å²) in [6.45, 7) is 13.0. The van der Waals surface area contributed by atoms with E-state index in [9.17, 15) is 4.79 Å². The number of nitrogens with zero attached hydrogens (tertiary/aromatic N) is 1. The third-order valence-corrected chi connectivity index (χ3v) is 5.50. The Morgan fingerprint density at radius 3 is 2.30 bits per heavy atom. The van der Waals surface area contributed by atoms with Gasteiger partial charge in [0.1, 0.15) is 5.76 Å². The predicted octanol–water partition coefficient (Wildman–Crippen LogP) is 5.13. The molecule has 0 radical (unpaired) electrons. The van der Waals surface area contributed by atoms with Crippen molar-refractivity contribution in [2.24, 2.45) is 5.41 Å². The molecular formula is C19H34N2O2. The lowest BCUT2D eigenvalue weighted by Gasteiger charge is -2.47. The van der Waals surface area contributed by atoms with Crippen molar-refractivity contribution >= 4 is 5.91 Å². The highest BCUT2D eigenvalue weighted by Crippen LogP contribution is 2.43. The Hall–Kier alpha value is -1.32. The summed E-state index contributed by atoms with van der Waals surface area (Å²) in [6.07, 6.45) is 7.67. The van der Waals surface area contributed by atoms with Crippen molar-refractivity contribution in [2.75, 3.05) is 0 Å². The quantitative estimate of drug-likeness (QED) is 0.607. The van der Waals surface area contributed by atoms with Gasteiger partial charge in [-0.15, -0.1) is 0 Å². The highest BCUT2D eigenvalue weighted by Gasteiger charge is 2.43.